The van der Waals surface area contributed by atoms with E-state index in [2.05, 4.69) is 5.32 Å². The van der Waals surface area contributed by atoms with Crippen LogP contribution >= 0.6 is 0 Å². The smallest absolute Gasteiger partial charge is 0.418 e. The van der Waals surface area contributed by atoms with Crippen LogP contribution in [0.25, 0.3) is 0 Å². The first kappa shape index (κ1) is 17.4. The van der Waals surface area contributed by atoms with Gasteiger partial charge in [0.15, 0.2) is 5.92 Å². The maximum atomic E-state index is 10.6. The van der Waals surface area contributed by atoms with Gasteiger partial charge in [0.05, 0.1) is 11.3 Å². The fourth-order valence-corrected chi connectivity index (χ4v) is 2.99. The Labute approximate surface area is 131 Å². The summed E-state index contributed by atoms with van der Waals surface area (Å²) in [6.45, 7) is 0. The Morgan fingerprint density at radius 2 is 1.74 bits per heavy atom. The lowest BCUT2D eigenvalue weighted by Crippen LogP contribution is -2.06. The van der Waals surface area contributed by atoms with Crippen LogP contribution in [-0.4, -0.2) is 18.2 Å². The molecule has 23 heavy (non-hydrogen) atoms. The van der Waals surface area contributed by atoms with Crippen LogP contribution in [0.3, 0.4) is 0 Å². The number of hydrogen-bond donors (Lipinski definition) is 1. The third kappa shape index (κ3) is 5.65. The van der Waals surface area contributed by atoms with Crippen molar-refractivity contribution in [3.05, 3.63) is 40.3 Å². The Bertz CT molecular complexity index is 521. The predicted octanol–water partition coefficient (Wildman–Crippen LogP) is 4.84. The summed E-state index contributed by atoms with van der Waals surface area (Å²) in [6.07, 6.45) is 6.59. The van der Waals surface area contributed by atoms with Crippen molar-refractivity contribution < 1.29 is 22.2 Å². The first-order chi connectivity index (χ1) is 10.8. The highest BCUT2D eigenvalue weighted by Crippen LogP contribution is 2.51. The number of hydrogen-bond acceptors (Lipinski definition) is 3. The minimum absolute atomic E-state index is 0.151. The molecule has 1 N–H and O–H groups in total. The number of rotatable bonds is 3. The molecular weight excluding hydrogens is 315 g/mol. The lowest BCUT2D eigenvalue weighted by Gasteiger charge is -2.01. The molecule has 0 bridgehead atoms. The Balaban J connectivity index is 0.000000338. The number of halogens is 4. The second-order valence-corrected chi connectivity index (χ2v) is 5.70. The molecule has 1 aromatic carbocycles. The summed E-state index contributed by atoms with van der Waals surface area (Å²) in [4.78, 5) is 10.2. The molecule has 2 unspecified atom stereocenters. The summed E-state index contributed by atoms with van der Waals surface area (Å²) >= 11 is 0. The molecule has 126 valence electrons. The number of nitro groups is 1. The third-order valence-corrected chi connectivity index (χ3v) is 4.05. The Hall–Kier alpha value is -1.93. The lowest BCUT2D eigenvalue weighted by molar-refractivity contribution is -0.384. The normalized spacial score (nSPS) is 23.0. The van der Waals surface area contributed by atoms with Crippen LogP contribution in [-0.2, 0) is 0 Å². The van der Waals surface area contributed by atoms with E-state index in [1.54, 1.807) is 30.2 Å². The molecular formula is C14H17BF4N2O2. The Morgan fingerprint density at radius 1 is 1.13 bits per heavy atom. The molecule has 0 radical (unpaired) electrons. The quantitative estimate of drug-likeness (QED) is 0.283. The SMILES string of the molecule is F[B-](F)(F)F.O=[N+]([O-])c1ccc(NC2[C+]3CCCCCC32)cc1. The molecule has 9 heteroatoms. The van der Waals surface area contributed by atoms with Crippen molar-refractivity contribution in [2.75, 3.05) is 5.32 Å². The van der Waals surface area contributed by atoms with E-state index in [4.69, 9.17) is 0 Å². The topological polar surface area (TPSA) is 55.2 Å². The highest BCUT2D eigenvalue weighted by atomic mass is 19.5. The van der Waals surface area contributed by atoms with Gasteiger partial charge in [-0.05, 0) is 37.8 Å². The summed E-state index contributed by atoms with van der Waals surface area (Å²) < 4.78 is 39.0. The Morgan fingerprint density at radius 3 is 2.30 bits per heavy atom. The molecule has 3 rings (SSSR count). The van der Waals surface area contributed by atoms with Gasteiger partial charge in [-0.3, -0.25) is 10.1 Å². The number of fused-ring (bicyclic) bond motifs is 1. The summed E-state index contributed by atoms with van der Waals surface area (Å²) in [6, 6.07) is 7.25. The average Bonchev–Trinajstić information content (AvgIpc) is 3.14. The molecule has 2 aliphatic carbocycles. The van der Waals surface area contributed by atoms with Gasteiger partial charge in [0.2, 0.25) is 6.04 Å². The second-order valence-electron chi connectivity index (χ2n) is 5.70. The molecule has 0 amide bonds. The molecule has 2 saturated carbocycles. The van der Waals surface area contributed by atoms with Crippen molar-refractivity contribution in [1.29, 1.82) is 0 Å². The fraction of sp³-hybridized carbons (Fsp3) is 0.500. The van der Waals surface area contributed by atoms with Crippen molar-refractivity contribution in [3.8, 4) is 0 Å². The molecule has 2 atom stereocenters. The lowest BCUT2D eigenvalue weighted by atomic mass is 10.1. The van der Waals surface area contributed by atoms with Crippen molar-refractivity contribution in [3.63, 3.8) is 0 Å². The zero-order chi connectivity index (χ0) is 17.0. The van der Waals surface area contributed by atoms with Crippen molar-refractivity contribution in [2.24, 2.45) is 5.92 Å². The van der Waals surface area contributed by atoms with Gasteiger partial charge in [-0.2, -0.15) is 0 Å². The first-order valence-corrected chi connectivity index (χ1v) is 7.49. The minimum Gasteiger partial charge on any atom is -0.418 e. The highest BCUT2D eigenvalue weighted by molar-refractivity contribution is 6.50. The van der Waals surface area contributed by atoms with E-state index in [-0.39, 0.29) is 10.6 Å². The van der Waals surface area contributed by atoms with Crippen LogP contribution in [0, 0.1) is 22.0 Å². The molecule has 0 saturated heterocycles. The second kappa shape index (κ2) is 7.10. The molecule has 0 heterocycles. The van der Waals surface area contributed by atoms with Gasteiger partial charge >= 0.3 is 7.25 Å². The maximum Gasteiger partial charge on any atom is 0.673 e. The summed E-state index contributed by atoms with van der Waals surface area (Å²) in [5.74, 6) is 2.41. The first-order valence-electron chi connectivity index (χ1n) is 7.49. The van der Waals surface area contributed by atoms with E-state index in [0.717, 1.165) is 11.6 Å². The molecule has 0 aromatic heterocycles. The third-order valence-electron chi connectivity index (χ3n) is 4.05. The molecule has 2 aliphatic rings. The summed E-state index contributed by atoms with van der Waals surface area (Å²) in [5.41, 5.74) is 1.14. The van der Waals surface area contributed by atoms with E-state index >= 15 is 0 Å². The maximum absolute atomic E-state index is 10.6. The highest BCUT2D eigenvalue weighted by Gasteiger charge is 2.63. The summed E-state index contributed by atoms with van der Waals surface area (Å²) in [7, 11) is -6.00. The summed E-state index contributed by atoms with van der Waals surface area (Å²) in [5, 5.41) is 14.1. The van der Waals surface area contributed by atoms with Crippen molar-refractivity contribution in [2.45, 2.75) is 38.1 Å². The number of nitrogens with zero attached hydrogens (tertiary/aromatic N) is 1. The predicted molar refractivity (Wildman–Crippen MR) is 80.5 cm³/mol. The van der Waals surface area contributed by atoms with E-state index in [1.165, 1.54) is 32.1 Å². The van der Waals surface area contributed by atoms with Gasteiger partial charge in [-0.25, -0.2) is 0 Å². The van der Waals surface area contributed by atoms with Crippen molar-refractivity contribution >= 4 is 18.6 Å². The minimum atomic E-state index is -6.00. The monoisotopic (exact) mass is 332 g/mol. The van der Waals surface area contributed by atoms with E-state index < -0.39 is 7.25 Å². The van der Waals surface area contributed by atoms with Gasteiger partial charge < -0.3 is 22.6 Å². The number of non-ortho nitro benzene ring substituents is 1. The number of anilines is 1. The van der Waals surface area contributed by atoms with E-state index in [1.807, 2.05) is 0 Å². The van der Waals surface area contributed by atoms with Crippen LogP contribution in [0.2, 0.25) is 0 Å². The molecule has 0 aliphatic heterocycles. The number of nitrogens with one attached hydrogen (secondary N) is 1. The van der Waals surface area contributed by atoms with Crippen LogP contribution in [0.4, 0.5) is 28.6 Å². The van der Waals surface area contributed by atoms with Crippen LogP contribution < -0.4 is 5.32 Å². The van der Waals surface area contributed by atoms with Crippen molar-refractivity contribution in [1.82, 2.24) is 0 Å². The van der Waals surface area contributed by atoms with E-state index in [9.17, 15) is 27.4 Å². The van der Waals surface area contributed by atoms with E-state index in [0.29, 0.717) is 6.04 Å². The van der Waals surface area contributed by atoms with Crippen LogP contribution in [0.5, 0.6) is 0 Å². The van der Waals surface area contributed by atoms with Gasteiger partial charge in [0, 0.05) is 17.8 Å². The molecule has 4 nitrogen and oxygen atoms in total. The average molecular weight is 332 g/mol. The number of benzene rings is 1. The largest absolute Gasteiger partial charge is 0.673 e. The molecule has 2 fully saturated rings. The Kier molecular flexibility index (Phi) is 5.38. The van der Waals surface area contributed by atoms with Crippen LogP contribution in [0.1, 0.15) is 32.1 Å². The van der Waals surface area contributed by atoms with Gasteiger partial charge in [0.25, 0.3) is 5.69 Å². The van der Waals surface area contributed by atoms with Gasteiger partial charge in [-0.1, -0.05) is 0 Å². The number of nitro benzene ring substituents is 1. The van der Waals surface area contributed by atoms with Gasteiger partial charge in [0.1, 0.15) is 5.92 Å². The van der Waals surface area contributed by atoms with Crippen LogP contribution in [0.15, 0.2) is 24.3 Å². The zero-order valence-corrected chi connectivity index (χ0v) is 12.4. The molecule has 0 spiro atoms. The van der Waals surface area contributed by atoms with Gasteiger partial charge in [-0.15, -0.1) is 0 Å². The fourth-order valence-electron chi connectivity index (χ4n) is 2.99. The standard InChI is InChI=1S/C14H17N2O2.BF4/c17-16(18)11-8-6-10(7-9-11)15-14-12-4-2-1-3-5-13(12)14;2-1(3,4)5/h6-9,12,14-15H,1-5H2;/q+1;-1. The zero-order valence-electron chi connectivity index (χ0n) is 12.4. The molecule has 1 aromatic rings.